The van der Waals surface area contributed by atoms with Crippen LogP contribution in [0.15, 0.2) is 17.9 Å². The van der Waals surface area contributed by atoms with Gasteiger partial charge in [-0.2, -0.15) is 0 Å². The van der Waals surface area contributed by atoms with Crippen LogP contribution >= 0.6 is 11.3 Å². The van der Waals surface area contributed by atoms with Crippen LogP contribution in [0.25, 0.3) is 0 Å². The number of nitrogens with two attached hydrogens (primary N) is 1. The first-order valence-corrected chi connectivity index (χ1v) is 6.58. The van der Waals surface area contributed by atoms with Crippen LogP contribution in [0.4, 0.5) is 11.6 Å². The van der Waals surface area contributed by atoms with Crippen molar-refractivity contribution in [2.75, 3.05) is 10.7 Å². The van der Waals surface area contributed by atoms with Gasteiger partial charge >= 0.3 is 0 Å². The predicted octanol–water partition coefficient (Wildman–Crippen LogP) is 2.09. The van der Waals surface area contributed by atoms with E-state index in [0.717, 1.165) is 22.8 Å². The molecule has 1 atom stereocenters. The number of hydrogen-bond acceptors (Lipinski definition) is 7. The van der Waals surface area contributed by atoms with Gasteiger partial charge in [0.25, 0.3) is 0 Å². The predicted molar refractivity (Wildman–Crippen MR) is 73.3 cm³/mol. The van der Waals surface area contributed by atoms with Gasteiger partial charge in [0.2, 0.25) is 0 Å². The van der Waals surface area contributed by atoms with Crippen molar-refractivity contribution in [3.8, 4) is 0 Å². The monoisotopic (exact) mass is 264 g/mol. The Bertz CT molecular complexity index is 498. The van der Waals surface area contributed by atoms with Gasteiger partial charge in [-0.3, -0.25) is 0 Å². The molecule has 0 aliphatic rings. The quantitative estimate of drug-likeness (QED) is 0.566. The number of rotatable bonds is 5. The molecular weight excluding hydrogens is 248 g/mol. The van der Waals surface area contributed by atoms with Crippen molar-refractivity contribution in [2.45, 2.75) is 26.3 Å². The van der Waals surface area contributed by atoms with Gasteiger partial charge in [-0.15, -0.1) is 11.3 Å². The summed E-state index contributed by atoms with van der Waals surface area (Å²) in [6, 6.07) is 0.157. The van der Waals surface area contributed by atoms with Gasteiger partial charge in [0.15, 0.2) is 0 Å². The van der Waals surface area contributed by atoms with E-state index in [0.29, 0.717) is 5.82 Å². The summed E-state index contributed by atoms with van der Waals surface area (Å²) < 4.78 is 0. The third-order valence-electron chi connectivity index (χ3n) is 2.69. The average molecular weight is 264 g/mol. The van der Waals surface area contributed by atoms with E-state index in [-0.39, 0.29) is 6.04 Å². The fourth-order valence-electron chi connectivity index (χ4n) is 1.65. The van der Waals surface area contributed by atoms with Crippen molar-refractivity contribution >= 4 is 23.0 Å². The number of thiazole rings is 1. The molecule has 4 N–H and O–H groups in total. The van der Waals surface area contributed by atoms with Crippen molar-refractivity contribution in [3.63, 3.8) is 0 Å². The summed E-state index contributed by atoms with van der Waals surface area (Å²) >= 11 is 1.63. The summed E-state index contributed by atoms with van der Waals surface area (Å²) in [7, 11) is 0. The van der Waals surface area contributed by atoms with Crippen LogP contribution in [-0.2, 0) is 0 Å². The Morgan fingerprint density at radius 1 is 1.33 bits per heavy atom. The molecule has 6 nitrogen and oxygen atoms in total. The van der Waals surface area contributed by atoms with Crippen LogP contribution in [0.3, 0.4) is 0 Å². The topological polar surface area (TPSA) is 88.8 Å². The normalized spacial score (nSPS) is 12.2. The van der Waals surface area contributed by atoms with Crippen LogP contribution in [0, 0.1) is 6.92 Å². The molecule has 0 fully saturated rings. The SMILES string of the molecule is CCC(Nc1ncnc(NN)c1C)c1nccs1. The Kier molecular flexibility index (Phi) is 4.06. The van der Waals surface area contributed by atoms with Crippen LogP contribution in [-0.4, -0.2) is 15.0 Å². The van der Waals surface area contributed by atoms with Crippen molar-refractivity contribution in [1.82, 2.24) is 15.0 Å². The highest BCUT2D eigenvalue weighted by atomic mass is 32.1. The van der Waals surface area contributed by atoms with Crippen LogP contribution in [0.1, 0.15) is 30.0 Å². The molecule has 0 aliphatic heterocycles. The second kappa shape index (κ2) is 5.74. The molecular formula is C11H16N6S. The van der Waals surface area contributed by atoms with E-state index in [4.69, 9.17) is 5.84 Å². The van der Waals surface area contributed by atoms with Crippen LogP contribution in [0.2, 0.25) is 0 Å². The van der Waals surface area contributed by atoms with Crippen molar-refractivity contribution in [3.05, 3.63) is 28.5 Å². The molecule has 0 spiro atoms. The average Bonchev–Trinajstić information content (AvgIpc) is 2.91. The second-order valence-corrected chi connectivity index (χ2v) is 4.74. The first kappa shape index (κ1) is 12.7. The largest absolute Gasteiger partial charge is 0.360 e. The summed E-state index contributed by atoms with van der Waals surface area (Å²) in [6.45, 7) is 4.03. The van der Waals surface area contributed by atoms with E-state index in [1.807, 2.05) is 18.5 Å². The molecule has 0 saturated heterocycles. The maximum Gasteiger partial charge on any atom is 0.148 e. The zero-order chi connectivity index (χ0) is 13.0. The van der Waals surface area contributed by atoms with Crippen molar-refractivity contribution in [2.24, 2.45) is 5.84 Å². The van der Waals surface area contributed by atoms with Crippen LogP contribution < -0.4 is 16.6 Å². The fourth-order valence-corrected chi connectivity index (χ4v) is 2.42. The standard InChI is InChI=1S/C11H16N6S/c1-3-8(11-13-4-5-18-11)16-9-7(2)10(17-12)15-6-14-9/h4-6,8H,3,12H2,1-2H3,(H2,14,15,16,17). The van der Waals surface area contributed by atoms with Crippen molar-refractivity contribution in [1.29, 1.82) is 0 Å². The first-order valence-electron chi connectivity index (χ1n) is 5.70. The zero-order valence-electron chi connectivity index (χ0n) is 10.3. The molecule has 96 valence electrons. The molecule has 7 heteroatoms. The number of hydrogen-bond donors (Lipinski definition) is 3. The minimum Gasteiger partial charge on any atom is -0.360 e. The fraction of sp³-hybridized carbons (Fsp3) is 0.364. The van der Waals surface area contributed by atoms with Gasteiger partial charge in [-0.05, 0) is 13.3 Å². The second-order valence-electron chi connectivity index (χ2n) is 3.82. The molecule has 0 aromatic carbocycles. The summed E-state index contributed by atoms with van der Waals surface area (Å²) in [4.78, 5) is 12.6. The highest BCUT2D eigenvalue weighted by Gasteiger charge is 2.14. The number of nitrogens with one attached hydrogen (secondary N) is 2. The lowest BCUT2D eigenvalue weighted by Crippen LogP contribution is -2.15. The molecule has 2 heterocycles. The number of nitrogen functional groups attached to an aromatic ring is 1. The van der Waals surface area contributed by atoms with Crippen molar-refractivity contribution < 1.29 is 0 Å². The molecule has 2 aromatic heterocycles. The molecule has 0 aliphatic carbocycles. The lowest BCUT2D eigenvalue weighted by Gasteiger charge is -2.17. The van der Waals surface area contributed by atoms with Gasteiger partial charge in [-0.1, -0.05) is 6.92 Å². The van der Waals surface area contributed by atoms with Gasteiger partial charge in [0.05, 0.1) is 6.04 Å². The minimum atomic E-state index is 0.157. The van der Waals surface area contributed by atoms with Gasteiger partial charge < -0.3 is 10.7 Å². The summed E-state index contributed by atoms with van der Waals surface area (Å²) in [5.74, 6) is 6.80. The van der Waals surface area contributed by atoms with Gasteiger partial charge in [-0.25, -0.2) is 20.8 Å². The number of aromatic nitrogens is 3. The molecule has 0 saturated carbocycles. The van der Waals surface area contributed by atoms with Gasteiger partial charge in [0.1, 0.15) is 23.0 Å². The Morgan fingerprint density at radius 2 is 2.11 bits per heavy atom. The number of nitrogens with zero attached hydrogens (tertiary/aromatic N) is 3. The molecule has 0 bridgehead atoms. The summed E-state index contributed by atoms with van der Waals surface area (Å²) in [5.41, 5.74) is 3.46. The zero-order valence-corrected chi connectivity index (χ0v) is 11.2. The molecule has 0 amide bonds. The van der Waals surface area contributed by atoms with Gasteiger partial charge in [0, 0.05) is 17.1 Å². The third-order valence-corrected chi connectivity index (χ3v) is 3.58. The Labute approximate surface area is 110 Å². The molecule has 0 radical (unpaired) electrons. The Balaban J connectivity index is 2.22. The van der Waals surface area contributed by atoms with Crippen LogP contribution in [0.5, 0.6) is 0 Å². The van der Waals surface area contributed by atoms with E-state index >= 15 is 0 Å². The maximum absolute atomic E-state index is 5.40. The number of anilines is 2. The molecule has 2 rings (SSSR count). The third kappa shape index (κ3) is 2.57. The lowest BCUT2D eigenvalue weighted by molar-refractivity contribution is 0.735. The number of hydrazine groups is 1. The molecule has 2 aromatic rings. The maximum atomic E-state index is 5.40. The highest BCUT2D eigenvalue weighted by Crippen LogP contribution is 2.26. The van der Waals surface area contributed by atoms with E-state index in [1.165, 1.54) is 6.33 Å². The smallest absolute Gasteiger partial charge is 0.148 e. The van der Waals surface area contributed by atoms with E-state index < -0.39 is 0 Å². The highest BCUT2D eigenvalue weighted by molar-refractivity contribution is 7.09. The summed E-state index contributed by atoms with van der Waals surface area (Å²) in [5, 5.41) is 6.40. The first-order chi connectivity index (χ1) is 8.76. The lowest BCUT2D eigenvalue weighted by atomic mass is 10.2. The Morgan fingerprint density at radius 3 is 2.72 bits per heavy atom. The van der Waals surface area contributed by atoms with E-state index in [1.54, 1.807) is 11.3 Å². The van der Waals surface area contributed by atoms with E-state index in [9.17, 15) is 0 Å². The van der Waals surface area contributed by atoms with E-state index in [2.05, 4.69) is 32.6 Å². The molecule has 18 heavy (non-hydrogen) atoms. The summed E-state index contributed by atoms with van der Waals surface area (Å²) in [6.07, 6.45) is 4.23. The molecule has 1 unspecified atom stereocenters. The Hall–Kier alpha value is -1.73. The minimum absolute atomic E-state index is 0.157.